The number of halogens is 1. The maximum absolute atomic E-state index is 13.4. The van der Waals surface area contributed by atoms with Gasteiger partial charge < -0.3 is 14.8 Å². The van der Waals surface area contributed by atoms with Crippen molar-refractivity contribution in [3.8, 4) is 11.3 Å². The van der Waals surface area contributed by atoms with Crippen LogP contribution in [0.25, 0.3) is 11.3 Å². The van der Waals surface area contributed by atoms with E-state index in [2.05, 4.69) is 20.5 Å². The van der Waals surface area contributed by atoms with Gasteiger partial charge in [-0.15, -0.1) is 0 Å². The third-order valence-corrected chi connectivity index (χ3v) is 5.22. The number of urea groups is 1. The molecule has 0 saturated heterocycles. The van der Waals surface area contributed by atoms with Crippen molar-refractivity contribution in [3.05, 3.63) is 60.6 Å². The Bertz CT molecular complexity index is 924. The number of H-pyrrole nitrogens is 1. The lowest BCUT2D eigenvalue weighted by molar-refractivity contribution is 0.207. The molecule has 0 aliphatic rings. The highest BCUT2D eigenvalue weighted by atomic mass is 19.1. The topological polar surface area (TPSA) is 78.8 Å². The first-order valence-electron chi connectivity index (χ1n) is 10.9. The molecular weight excluding hydrogens is 395 g/mol. The number of aryl methyl sites for hydroxylation is 2. The predicted molar refractivity (Wildman–Crippen MR) is 119 cm³/mol. The highest BCUT2D eigenvalue weighted by Crippen LogP contribution is 2.19. The summed E-state index contributed by atoms with van der Waals surface area (Å²) in [5, 5.41) is 10.3. The zero-order valence-electron chi connectivity index (χ0n) is 18.1. The number of hydrogen-bond acceptors (Lipinski definition) is 3. The molecule has 0 unspecified atom stereocenters. The summed E-state index contributed by atoms with van der Waals surface area (Å²) < 4.78 is 15.4. The van der Waals surface area contributed by atoms with Gasteiger partial charge in [0.2, 0.25) is 0 Å². The minimum atomic E-state index is -0.260. The molecule has 3 rings (SSSR count). The number of amides is 2. The summed E-state index contributed by atoms with van der Waals surface area (Å²) in [6.07, 6.45) is 11.4. The number of imidazole rings is 1. The summed E-state index contributed by atoms with van der Waals surface area (Å²) in [5.41, 5.74) is 2.58. The molecular formula is C23H31FN6O. The molecule has 0 atom stereocenters. The number of unbranched alkanes of at least 4 members (excludes halogenated alkanes) is 3. The van der Waals surface area contributed by atoms with Crippen LogP contribution in [-0.4, -0.2) is 50.8 Å². The van der Waals surface area contributed by atoms with Crippen LogP contribution in [0.3, 0.4) is 0 Å². The van der Waals surface area contributed by atoms with Gasteiger partial charge in [0, 0.05) is 50.3 Å². The van der Waals surface area contributed by atoms with Crippen LogP contribution in [0.5, 0.6) is 0 Å². The number of aromatic nitrogens is 4. The largest absolute Gasteiger partial charge is 0.338 e. The van der Waals surface area contributed by atoms with Crippen molar-refractivity contribution in [2.45, 2.75) is 45.1 Å². The third-order valence-electron chi connectivity index (χ3n) is 5.22. The Hall–Kier alpha value is -3.16. The zero-order valence-corrected chi connectivity index (χ0v) is 18.1. The van der Waals surface area contributed by atoms with E-state index < -0.39 is 0 Å². The Morgan fingerprint density at radius 2 is 2.10 bits per heavy atom. The molecule has 2 N–H and O–H groups in total. The fourth-order valence-corrected chi connectivity index (χ4v) is 3.40. The quantitative estimate of drug-likeness (QED) is 0.425. The van der Waals surface area contributed by atoms with E-state index in [1.807, 2.05) is 36.3 Å². The molecule has 8 heteroatoms. The molecule has 0 spiro atoms. The molecule has 0 saturated carbocycles. The van der Waals surface area contributed by atoms with Crippen LogP contribution in [0.2, 0.25) is 0 Å². The lowest BCUT2D eigenvalue weighted by Gasteiger charge is -2.17. The lowest BCUT2D eigenvalue weighted by Crippen LogP contribution is -2.38. The zero-order chi connectivity index (χ0) is 21.9. The van der Waals surface area contributed by atoms with Gasteiger partial charge in [-0.2, -0.15) is 5.10 Å². The van der Waals surface area contributed by atoms with Gasteiger partial charge in [0.15, 0.2) is 0 Å². The molecule has 0 aliphatic carbocycles. The van der Waals surface area contributed by atoms with Crippen LogP contribution in [0.1, 0.15) is 37.8 Å². The number of benzene rings is 1. The van der Waals surface area contributed by atoms with Crippen molar-refractivity contribution in [2.75, 3.05) is 20.1 Å². The van der Waals surface area contributed by atoms with Gasteiger partial charge in [0.05, 0.1) is 12.0 Å². The Morgan fingerprint density at radius 1 is 1.19 bits per heavy atom. The first kappa shape index (κ1) is 22.5. The van der Waals surface area contributed by atoms with E-state index in [1.165, 1.54) is 12.1 Å². The van der Waals surface area contributed by atoms with E-state index in [0.717, 1.165) is 68.6 Å². The van der Waals surface area contributed by atoms with E-state index in [1.54, 1.807) is 17.2 Å². The molecule has 31 heavy (non-hydrogen) atoms. The Labute approximate surface area is 182 Å². The molecule has 2 heterocycles. The van der Waals surface area contributed by atoms with Crippen LogP contribution in [0, 0.1) is 5.82 Å². The van der Waals surface area contributed by atoms with Gasteiger partial charge in [-0.1, -0.05) is 18.6 Å². The van der Waals surface area contributed by atoms with Crippen molar-refractivity contribution < 1.29 is 9.18 Å². The van der Waals surface area contributed by atoms with Gasteiger partial charge >= 0.3 is 6.03 Å². The fraction of sp³-hybridized carbons (Fsp3) is 0.435. The standard InChI is InChI=1S/C23H31FN6O/c1-29(23(31)26-11-4-6-14-30-15-12-25-18-30)13-5-2-3-10-21-17-22(28-27-21)19-8-7-9-20(24)16-19/h7-9,12,15-18H,2-6,10-11,13-14H2,1H3,(H,26,31)(H,27,28). The second-order valence-electron chi connectivity index (χ2n) is 7.76. The van der Waals surface area contributed by atoms with Crippen LogP contribution in [0.4, 0.5) is 9.18 Å². The second kappa shape index (κ2) is 11.9. The van der Waals surface area contributed by atoms with Crippen LogP contribution in [-0.2, 0) is 13.0 Å². The van der Waals surface area contributed by atoms with Crippen molar-refractivity contribution in [1.82, 2.24) is 30.0 Å². The average molecular weight is 427 g/mol. The minimum absolute atomic E-state index is 0.0177. The van der Waals surface area contributed by atoms with Crippen LogP contribution >= 0.6 is 0 Å². The van der Waals surface area contributed by atoms with E-state index in [0.29, 0.717) is 6.54 Å². The maximum Gasteiger partial charge on any atom is 0.317 e. The molecule has 0 aliphatic heterocycles. The number of carbonyl (C=O) groups is 1. The molecule has 0 radical (unpaired) electrons. The predicted octanol–water partition coefficient (Wildman–Crippen LogP) is 4.25. The molecule has 166 valence electrons. The van der Waals surface area contributed by atoms with Gasteiger partial charge in [0.1, 0.15) is 5.82 Å². The van der Waals surface area contributed by atoms with Gasteiger partial charge in [0.25, 0.3) is 0 Å². The third kappa shape index (κ3) is 7.55. The van der Waals surface area contributed by atoms with Crippen LogP contribution in [0.15, 0.2) is 49.1 Å². The van der Waals surface area contributed by atoms with E-state index >= 15 is 0 Å². The smallest absolute Gasteiger partial charge is 0.317 e. The number of hydrogen-bond donors (Lipinski definition) is 2. The summed E-state index contributed by atoms with van der Waals surface area (Å²) >= 11 is 0. The van der Waals surface area contributed by atoms with Crippen molar-refractivity contribution in [2.24, 2.45) is 0 Å². The van der Waals surface area contributed by atoms with Crippen molar-refractivity contribution >= 4 is 6.03 Å². The number of carbonyl (C=O) groups excluding carboxylic acids is 1. The molecule has 2 amide bonds. The number of nitrogens with zero attached hydrogens (tertiary/aromatic N) is 4. The average Bonchev–Trinajstić information content (AvgIpc) is 3.45. The first-order chi connectivity index (χ1) is 15.1. The number of nitrogens with one attached hydrogen (secondary N) is 2. The van der Waals surface area contributed by atoms with Gasteiger partial charge in [-0.05, 0) is 50.3 Å². The lowest BCUT2D eigenvalue weighted by atomic mass is 10.1. The SMILES string of the molecule is CN(CCCCCc1cc(-c2cccc(F)c2)n[nH]1)C(=O)NCCCCn1ccnc1. The Kier molecular flexibility index (Phi) is 8.63. The maximum atomic E-state index is 13.4. The summed E-state index contributed by atoms with van der Waals surface area (Å²) in [7, 11) is 1.83. The molecule has 1 aromatic carbocycles. The normalized spacial score (nSPS) is 10.9. The van der Waals surface area contributed by atoms with Gasteiger partial charge in [-0.3, -0.25) is 5.10 Å². The highest BCUT2D eigenvalue weighted by Gasteiger charge is 2.08. The number of rotatable bonds is 12. The molecule has 2 aromatic heterocycles. The first-order valence-corrected chi connectivity index (χ1v) is 10.9. The van der Waals surface area contributed by atoms with E-state index in [4.69, 9.17) is 0 Å². The van der Waals surface area contributed by atoms with Gasteiger partial charge in [-0.25, -0.2) is 14.2 Å². The summed E-state index contributed by atoms with van der Waals surface area (Å²) in [4.78, 5) is 17.9. The van der Waals surface area contributed by atoms with E-state index in [9.17, 15) is 9.18 Å². The Balaban J connectivity index is 1.24. The number of aromatic amines is 1. The molecule has 3 aromatic rings. The summed E-state index contributed by atoms with van der Waals surface area (Å²) in [5.74, 6) is -0.260. The van der Waals surface area contributed by atoms with E-state index in [-0.39, 0.29) is 11.8 Å². The summed E-state index contributed by atoms with van der Waals surface area (Å²) in [6, 6.07) is 8.41. The molecule has 7 nitrogen and oxygen atoms in total. The summed E-state index contributed by atoms with van der Waals surface area (Å²) in [6.45, 7) is 2.34. The fourth-order valence-electron chi connectivity index (χ4n) is 3.40. The minimum Gasteiger partial charge on any atom is -0.338 e. The second-order valence-corrected chi connectivity index (χ2v) is 7.76. The molecule has 0 bridgehead atoms. The van der Waals surface area contributed by atoms with Crippen molar-refractivity contribution in [3.63, 3.8) is 0 Å². The monoisotopic (exact) mass is 426 g/mol. The van der Waals surface area contributed by atoms with Crippen molar-refractivity contribution in [1.29, 1.82) is 0 Å². The highest BCUT2D eigenvalue weighted by molar-refractivity contribution is 5.73. The Morgan fingerprint density at radius 3 is 2.90 bits per heavy atom. The molecule has 0 fully saturated rings. The van der Waals surface area contributed by atoms with Crippen LogP contribution < -0.4 is 5.32 Å².